The molecule has 15 heavy (non-hydrogen) atoms. The van der Waals surface area contributed by atoms with Gasteiger partial charge in [0, 0.05) is 16.7 Å². The minimum absolute atomic E-state index is 0. The minimum atomic E-state index is 0. The lowest BCUT2D eigenvalue weighted by molar-refractivity contribution is -0.389. The van der Waals surface area contributed by atoms with Crippen molar-refractivity contribution in [3.8, 4) is 0 Å². The topological polar surface area (TPSA) is 82.9 Å². The number of hydrogen-bond donors (Lipinski definition) is 3. The first-order valence-corrected chi connectivity index (χ1v) is 4.29. The van der Waals surface area contributed by atoms with Crippen molar-refractivity contribution in [1.82, 2.24) is 0 Å². The van der Waals surface area contributed by atoms with Gasteiger partial charge < -0.3 is 54.4 Å². The van der Waals surface area contributed by atoms with Crippen molar-refractivity contribution < 1.29 is 54.4 Å². The molecule has 0 aromatic heterocycles. The van der Waals surface area contributed by atoms with Crippen molar-refractivity contribution in [2.75, 3.05) is 0 Å². The van der Waals surface area contributed by atoms with Crippen LogP contribution in [-0.2, 0) is 19.6 Å². The van der Waals surface area contributed by atoms with Crippen LogP contribution in [0.15, 0.2) is 18.2 Å². The molecule has 0 saturated carbocycles. The van der Waals surface area contributed by atoms with E-state index in [1.54, 1.807) is 0 Å². The summed E-state index contributed by atoms with van der Waals surface area (Å²) in [6.07, 6.45) is 0. The zero-order valence-electron chi connectivity index (χ0n) is 8.61. The molecule has 0 heterocycles. The summed E-state index contributed by atoms with van der Waals surface area (Å²) in [6.45, 7) is 2.54. The van der Waals surface area contributed by atoms with E-state index in [9.17, 15) is 0 Å². The molecule has 0 aliphatic heterocycles. The molecule has 0 bridgehead atoms. The summed E-state index contributed by atoms with van der Waals surface area (Å²) < 4.78 is 0. The standard InChI is InChI=1S/C9H15N3.3ClH/c10-4-7-1-8(5-11)3-9(2-7)6-12;;;/h1-3H,4-6,10-12H2;3*1H. The van der Waals surface area contributed by atoms with E-state index in [2.05, 4.69) is 35.4 Å². The second-order valence-corrected chi connectivity index (χ2v) is 2.91. The smallest absolute Gasteiger partial charge is 0.0997 e. The molecule has 0 unspecified atom stereocenters. The van der Waals surface area contributed by atoms with Crippen LogP contribution in [0.4, 0.5) is 0 Å². The maximum atomic E-state index is 3.87. The summed E-state index contributed by atoms with van der Waals surface area (Å²) in [7, 11) is 0. The first kappa shape index (κ1) is 20.4. The van der Waals surface area contributed by atoms with Crippen molar-refractivity contribution >= 4 is 0 Å². The normalized spacial score (nSPS) is 8.20. The Bertz CT molecular complexity index is 214. The molecule has 9 N–H and O–H groups in total. The Labute approximate surface area is 109 Å². The molecule has 0 atom stereocenters. The average molecular weight is 275 g/mol. The largest absolute Gasteiger partial charge is 1.00 e. The first-order valence-electron chi connectivity index (χ1n) is 4.29. The van der Waals surface area contributed by atoms with Gasteiger partial charge in [-0.1, -0.05) is 0 Å². The van der Waals surface area contributed by atoms with Gasteiger partial charge in [-0.15, -0.1) is 0 Å². The molecule has 1 aromatic rings. The van der Waals surface area contributed by atoms with Crippen LogP contribution in [0.2, 0.25) is 0 Å². The molecule has 6 heteroatoms. The monoisotopic (exact) mass is 273 g/mol. The van der Waals surface area contributed by atoms with Crippen molar-refractivity contribution in [2.24, 2.45) is 0 Å². The molecule has 3 nitrogen and oxygen atoms in total. The maximum Gasteiger partial charge on any atom is 0.0997 e. The molecule has 1 rings (SSSR count). The molecule has 0 aliphatic carbocycles. The lowest BCUT2D eigenvalue weighted by atomic mass is 10.1. The minimum Gasteiger partial charge on any atom is -1.00 e. The number of halogens is 3. The second-order valence-electron chi connectivity index (χ2n) is 2.91. The van der Waals surface area contributed by atoms with E-state index in [4.69, 9.17) is 0 Å². The van der Waals surface area contributed by atoms with Gasteiger partial charge in [0.1, 0.15) is 0 Å². The zero-order chi connectivity index (χ0) is 8.97. The van der Waals surface area contributed by atoms with Crippen LogP contribution >= 0.6 is 0 Å². The van der Waals surface area contributed by atoms with Crippen LogP contribution in [0, 0.1) is 0 Å². The number of rotatable bonds is 3. The highest BCUT2D eigenvalue weighted by atomic mass is 35.5. The van der Waals surface area contributed by atoms with Gasteiger partial charge >= 0.3 is 0 Å². The molecular formula is C9H18Cl3N3. The summed E-state index contributed by atoms with van der Waals surface area (Å²) in [6, 6.07) is 6.50. The SMILES string of the molecule is [Cl-].[Cl-].[Cl-].[NH3+]Cc1cc(C[NH3+])cc(C[NH3+])c1. The molecule has 0 fully saturated rings. The summed E-state index contributed by atoms with van der Waals surface area (Å²) in [4.78, 5) is 0. The molecule has 0 spiro atoms. The third-order valence-electron chi connectivity index (χ3n) is 1.98. The van der Waals surface area contributed by atoms with Gasteiger partial charge in [0.15, 0.2) is 0 Å². The van der Waals surface area contributed by atoms with Gasteiger partial charge in [-0.3, -0.25) is 0 Å². The van der Waals surface area contributed by atoms with Crippen LogP contribution in [0.3, 0.4) is 0 Å². The van der Waals surface area contributed by atoms with Gasteiger partial charge in [-0.2, -0.15) is 0 Å². The van der Waals surface area contributed by atoms with Crippen molar-refractivity contribution in [2.45, 2.75) is 19.6 Å². The van der Waals surface area contributed by atoms with E-state index in [0.29, 0.717) is 0 Å². The van der Waals surface area contributed by atoms with Gasteiger partial charge in [-0.05, 0) is 18.2 Å². The maximum absolute atomic E-state index is 3.87. The third kappa shape index (κ3) is 6.20. The van der Waals surface area contributed by atoms with Crippen LogP contribution in [0.1, 0.15) is 16.7 Å². The summed E-state index contributed by atoms with van der Waals surface area (Å²) in [5.74, 6) is 0. The number of benzene rings is 1. The Morgan fingerprint density at radius 1 is 0.600 bits per heavy atom. The molecule has 1 aromatic carbocycles. The van der Waals surface area contributed by atoms with Gasteiger partial charge in [0.25, 0.3) is 0 Å². The van der Waals surface area contributed by atoms with Crippen LogP contribution in [-0.4, -0.2) is 0 Å². The van der Waals surface area contributed by atoms with Gasteiger partial charge in [-0.25, -0.2) is 0 Å². The summed E-state index contributed by atoms with van der Waals surface area (Å²) in [5.41, 5.74) is 15.5. The van der Waals surface area contributed by atoms with E-state index in [-0.39, 0.29) is 37.2 Å². The third-order valence-corrected chi connectivity index (χ3v) is 1.98. The summed E-state index contributed by atoms with van der Waals surface area (Å²) >= 11 is 0. The van der Waals surface area contributed by atoms with Crippen LogP contribution in [0.25, 0.3) is 0 Å². The fourth-order valence-corrected chi connectivity index (χ4v) is 1.27. The average Bonchev–Trinajstić information content (AvgIpc) is 2.16. The second kappa shape index (κ2) is 10.5. The molecule has 0 saturated heterocycles. The van der Waals surface area contributed by atoms with E-state index in [1.807, 2.05) is 0 Å². The zero-order valence-corrected chi connectivity index (χ0v) is 10.9. The van der Waals surface area contributed by atoms with Crippen LogP contribution < -0.4 is 54.4 Å². The predicted molar refractivity (Wildman–Crippen MR) is 46.2 cm³/mol. The Morgan fingerprint density at radius 3 is 0.933 bits per heavy atom. The molecule has 0 radical (unpaired) electrons. The van der Waals surface area contributed by atoms with Crippen molar-refractivity contribution in [3.63, 3.8) is 0 Å². The molecular weight excluding hydrogens is 256 g/mol. The molecule has 0 aliphatic rings. The number of quaternary nitrogens is 3. The van der Waals surface area contributed by atoms with Crippen molar-refractivity contribution in [1.29, 1.82) is 0 Å². The molecule has 90 valence electrons. The predicted octanol–water partition coefficient (Wildman–Crippen LogP) is -11.1. The van der Waals surface area contributed by atoms with E-state index >= 15 is 0 Å². The molecule has 0 amide bonds. The Hall–Kier alpha value is -0.0300. The highest BCUT2D eigenvalue weighted by Gasteiger charge is 2.00. The Morgan fingerprint density at radius 2 is 0.800 bits per heavy atom. The lowest BCUT2D eigenvalue weighted by Gasteiger charge is -2.01. The van der Waals surface area contributed by atoms with E-state index in [0.717, 1.165) is 19.6 Å². The quantitative estimate of drug-likeness (QED) is 0.489. The first-order chi connectivity index (χ1) is 5.80. The van der Waals surface area contributed by atoms with E-state index in [1.165, 1.54) is 16.7 Å². The fraction of sp³-hybridized carbons (Fsp3) is 0.333. The number of hydrogen-bond acceptors (Lipinski definition) is 0. The Balaban J connectivity index is -0.000000480. The highest BCUT2D eigenvalue weighted by molar-refractivity contribution is 5.28. The highest BCUT2D eigenvalue weighted by Crippen LogP contribution is 2.07. The van der Waals surface area contributed by atoms with Gasteiger partial charge in [0.05, 0.1) is 19.6 Å². The van der Waals surface area contributed by atoms with Crippen molar-refractivity contribution in [3.05, 3.63) is 34.9 Å². The van der Waals surface area contributed by atoms with Crippen LogP contribution in [0.5, 0.6) is 0 Å². The van der Waals surface area contributed by atoms with E-state index < -0.39 is 0 Å². The lowest BCUT2D eigenvalue weighted by Crippen LogP contribution is -3.00. The fourth-order valence-electron chi connectivity index (χ4n) is 1.27. The summed E-state index contributed by atoms with van der Waals surface area (Å²) in [5, 5.41) is 0. The Kier molecular flexibility index (Phi) is 14.3. The van der Waals surface area contributed by atoms with Gasteiger partial charge in [0.2, 0.25) is 0 Å².